The van der Waals surface area contributed by atoms with E-state index in [4.69, 9.17) is 4.74 Å². The number of thioether (sulfide) groups is 1. The van der Waals surface area contributed by atoms with Crippen molar-refractivity contribution in [1.82, 2.24) is 29.9 Å². The second-order valence-electron chi connectivity index (χ2n) is 7.28. The largest absolute Gasteiger partial charge is 0.391 e. The fourth-order valence-corrected chi connectivity index (χ4v) is 5.75. The van der Waals surface area contributed by atoms with Gasteiger partial charge in [0.15, 0.2) is 5.17 Å². The molecule has 3 aromatic heterocycles. The van der Waals surface area contributed by atoms with E-state index in [1.54, 1.807) is 34.0 Å². The summed E-state index contributed by atoms with van der Waals surface area (Å²) in [6.45, 7) is 3.85. The molecule has 30 heavy (non-hydrogen) atoms. The molecule has 0 spiro atoms. The molecule has 0 amide bonds. The van der Waals surface area contributed by atoms with Crippen molar-refractivity contribution in [2.24, 2.45) is 4.99 Å². The molecule has 9 nitrogen and oxygen atoms in total. The molecule has 4 atom stereocenters. The third kappa shape index (κ3) is 4.02. The zero-order chi connectivity index (χ0) is 20.5. The molecule has 2 saturated heterocycles. The third-order valence-electron chi connectivity index (χ3n) is 5.12. The maximum Gasteiger partial charge on any atom is 0.159 e. The van der Waals surface area contributed by atoms with Gasteiger partial charge >= 0.3 is 0 Å². The summed E-state index contributed by atoms with van der Waals surface area (Å²) in [5.74, 6) is 0.930. The second-order valence-corrected chi connectivity index (χ2v) is 9.32. The van der Waals surface area contributed by atoms with Crippen molar-refractivity contribution in [3.05, 3.63) is 41.8 Å². The van der Waals surface area contributed by atoms with Crippen molar-refractivity contribution in [1.29, 1.82) is 0 Å². The average molecular weight is 446 g/mol. The zero-order valence-corrected chi connectivity index (χ0v) is 18.1. The van der Waals surface area contributed by atoms with E-state index < -0.39 is 6.10 Å². The van der Waals surface area contributed by atoms with Crippen LogP contribution in [0.5, 0.6) is 0 Å². The third-order valence-corrected chi connectivity index (χ3v) is 7.10. The molecule has 0 radical (unpaired) electrons. The Kier molecular flexibility index (Phi) is 5.59. The van der Waals surface area contributed by atoms with Crippen LogP contribution in [0.25, 0.3) is 10.7 Å². The van der Waals surface area contributed by atoms with Gasteiger partial charge in [0.25, 0.3) is 0 Å². The molecule has 5 heterocycles. The number of amidine groups is 1. The molecule has 2 aliphatic heterocycles. The Bertz CT molecular complexity index is 1020. The number of aromatic nitrogens is 5. The molecule has 2 fully saturated rings. The van der Waals surface area contributed by atoms with Crippen LogP contribution >= 0.6 is 23.1 Å². The molecule has 0 aromatic carbocycles. The van der Waals surface area contributed by atoms with E-state index in [2.05, 4.69) is 36.2 Å². The molecule has 11 heteroatoms. The number of aliphatic hydroxyl groups is 1. The van der Waals surface area contributed by atoms with Crippen molar-refractivity contribution < 1.29 is 9.84 Å². The van der Waals surface area contributed by atoms with Crippen LogP contribution in [0.2, 0.25) is 0 Å². The van der Waals surface area contributed by atoms with E-state index in [1.165, 1.54) is 0 Å². The van der Waals surface area contributed by atoms with Crippen LogP contribution in [0.4, 0.5) is 0 Å². The van der Waals surface area contributed by atoms with Gasteiger partial charge in [0.1, 0.15) is 17.0 Å². The summed E-state index contributed by atoms with van der Waals surface area (Å²) >= 11 is 3.21. The van der Waals surface area contributed by atoms with Gasteiger partial charge in [-0.2, -0.15) is 0 Å². The maximum atomic E-state index is 10.5. The summed E-state index contributed by atoms with van der Waals surface area (Å²) in [6.07, 6.45) is 5.64. The Morgan fingerprint density at radius 2 is 2.37 bits per heavy atom. The van der Waals surface area contributed by atoms with Crippen molar-refractivity contribution in [3.8, 4) is 10.7 Å². The molecular formula is C19H23N7O2S2. The van der Waals surface area contributed by atoms with Gasteiger partial charge in [-0.3, -0.25) is 4.99 Å². The molecule has 4 unspecified atom stereocenters. The highest BCUT2D eigenvalue weighted by Gasteiger charge is 2.44. The van der Waals surface area contributed by atoms with Gasteiger partial charge < -0.3 is 19.7 Å². The van der Waals surface area contributed by atoms with Crippen LogP contribution in [-0.4, -0.2) is 65.0 Å². The van der Waals surface area contributed by atoms with Crippen molar-refractivity contribution in [2.75, 3.05) is 6.54 Å². The van der Waals surface area contributed by atoms with Crippen LogP contribution < -0.4 is 5.32 Å². The molecule has 5 rings (SSSR count). The summed E-state index contributed by atoms with van der Waals surface area (Å²) in [5.41, 5.74) is 0.723. The van der Waals surface area contributed by atoms with E-state index in [9.17, 15) is 5.11 Å². The Morgan fingerprint density at radius 1 is 1.43 bits per heavy atom. The first-order chi connectivity index (χ1) is 14.7. The maximum absolute atomic E-state index is 10.5. The number of rotatable bonds is 6. The topological polar surface area (TPSA) is 102 Å². The molecular weight excluding hydrogens is 422 g/mol. The summed E-state index contributed by atoms with van der Waals surface area (Å²) in [7, 11) is 0. The van der Waals surface area contributed by atoms with Gasteiger partial charge in [-0.05, 0) is 18.4 Å². The number of hydrogen-bond donors (Lipinski definition) is 2. The smallest absolute Gasteiger partial charge is 0.159 e. The highest BCUT2D eigenvalue weighted by molar-refractivity contribution is 8.14. The highest BCUT2D eigenvalue weighted by atomic mass is 32.2. The van der Waals surface area contributed by atoms with Gasteiger partial charge in [0, 0.05) is 25.4 Å². The average Bonchev–Trinajstić information content (AvgIpc) is 3.49. The monoisotopic (exact) mass is 445 g/mol. The van der Waals surface area contributed by atoms with Crippen LogP contribution in [0.15, 0.2) is 41.1 Å². The molecule has 0 aliphatic carbocycles. The molecule has 2 N–H and O–H groups in total. The minimum absolute atomic E-state index is 0.111. The van der Waals surface area contributed by atoms with E-state index in [1.807, 2.05) is 30.8 Å². The first-order valence-electron chi connectivity index (χ1n) is 9.95. The predicted octanol–water partition coefficient (Wildman–Crippen LogP) is 1.81. The van der Waals surface area contributed by atoms with Gasteiger partial charge in [-0.25, -0.2) is 9.67 Å². The number of aliphatic hydroxyl groups excluding tert-OH is 1. The normalized spacial score (nSPS) is 27.3. The van der Waals surface area contributed by atoms with Gasteiger partial charge in [-0.1, -0.05) is 23.0 Å². The molecule has 3 aromatic rings. The SMILES string of the molecule is CCN=C1NC2C(O)CC(Cn3cc(Cn4ccnc4-c4cccs4)nn3)OC2S1. The van der Waals surface area contributed by atoms with E-state index in [0.29, 0.717) is 26.1 Å². The van der Waals surface area contributed by atoms with Gasteiger partial charge in [-0.15, -0.1) is 16.4 Å². The van der Waals surface area contributed by atoms with Crippen LogP contribution in [0.1, 0.15) is 19.0 Å². The first kappa shape index (κ1) is 19.7. The Morgan fingerprint density at radius 3 is 3.20 bits per heavy atom. The molecule has 0 bridgehead atoms. The lowest BCUT2D eigenvalue weighted by atomic mass is 10.0. The van der Waals surface area contributed by atoms with Crippen molar-refractivity contribution in [2.45, 2.75) is 50.1 Å². The van der Waals surface area contributed by atoms with E-state index in [-0.39, 0.29) is 17.6 Å². The number of imidazole rings is 1. The molecule has 0 saturated carbocycles. The highest BCUT2D eigenvalue weighted by Crippen LogP contribution is 2.34. The Hall–Kier alpha value is -2.21. The van der Waals surface area contributed by atoms with E-state index >= 15 is 0 Å². The molecule has 158 valence electrons. The molecule has 2 aliphatic rings. The summed E-state index contributed by atoms with van der Waals surface area (Å²) in [5, 5.41) is 25.3. The summed E-state index contributed by atoms with van der Waals surface area (Å²) < 4.78 is 10.1. The summed E-state index contributed by atoms with van der Waals surface area (Å²) in [6, 6.07) is 3.97. The minimum Gasteiger partial charge on any atom is -0.391 e. The van der Waals surface area contributed by atoms with Crippen molar-refractivity contribution in [3.63, 3.8) is 0 Å². The van der Waals surface area contributed by atoms with Gasteiger partial charge in [0.05, 0.1) is 42.4 Å². The van der Waals surface area contributed by atoms with Gasteiger partial charge in [0.2, 0.25) is 0 Å². The number of hydrogen-bond acceptors (Lipinski definition) is 8. The van der Waals surface area contributed by atoms with Crippen LogP contribution in [0.3, 0.4) is 0 Å². The van der Waals surface area contributed by atoms with E-state index in [0.717, 1.165) is 21.6 Å². The Labute approximate surface area is 182 Å². The number of ether oxygens (including phenoxy) is 1. The lowest BCUT2D eigenvalue weighted by molar-refractivity contribution is -0.0809. The minimum atomic E-state index is -0.479. The number of aliphatic imine (C=N–C) groups is 1. The second kappa shape index (κ2) is 8.50. The number of thiophene rings is 1. The number of fused-ring (bicyclic) bond motifs is 1. The summed E-state index contributed by atoms with van der Waals surface area (Å²) in [4.78, 5) is 9.99. The lowest BCUT2D eigenvalue weighted by Gasteiger charge is -2.34. The van der Waals surface area contributed by atoms with Crippen LogP contribution in [0, 0.1) is 0 Å². The zero-order valence-electron chi connectivity index (χ0n) is 16.5. The van der Waals surface area contributed by atoms with Crippen molar-refractivity contribution >= 4 is 28.3 Å². The first-order valence-corrected chi connectivity index (χ1v) is 11.7. The number of nitrogens with one attached hydrogen (secondary N) is 1. The Balaban J connectivity index is 1.23. The van der Waals surface area contributed by atoms with Crippen LogP contribution in [-0.2, 0) is 17.8 Å². The standard InChI is InChI=1S/C19H23N7O2S2/c1-2-20-19-22-16-14(27)8-13(28-18(16)30-19)11-26-10-12(23-24-26)9-25-6-5-21-17(25)15-4-3-7-29-15/h3-7,10,13-14,16,18,27H,2,8-9,11H2,1H3,(H,20,22). The fourth-order valence-electron chi connectivity index (χ4n) is 3.77. The number of nitrogens with zero attached hydrogens (tertiary/aromatic N) is 6. The predicted molar refractivity (Wildman–Crippen MR) is 116 cm³/mol. The quantitative estimate of drug-likeness (QED) is 0.596. The fraction of sp³-hybridized carbons (Fsp3) is 0.474. The lowest BCUT2D eigenvalue weighted by Crippen LogP contribution is -2.51.